The van der Waals surface area contributed by atoms with Gasteiger partial charge in [-0.3, -0.25) is 15.9 Å². The Labute approximate surface area is 154 Å². The Hall–Kier alpha value is -1.26. The summed E-state index contributed by atoms with van der Waals surface area (Å²) in [6, 6.07) is 3.13. The van der Waals surface area contributed by atoms with E-state index in [1.807, 2.05) is 39.3 Å². The van der Waals surface area contributed by atoms with Crippen LogP contribution in [-0.2, 0) is 39.8 Å². The maximum atomic E-state index is 12.1. The summed E-state index contributed by atoms with van der Waals surface area (Å²) in [6.45, 7) is 7.75. The Morgan fingerprint density at radius 2 is 1.86 bits per heavy atom. The first-order valence-electron chi connectivity index (χ1n) is 6.80. The number of amides is 2. The molecule has 1 N–H and O–H groups in total. The van der Waals surface area contributed by atoms with Gasteiger partial charge in [-0.25, -0.2) is 6.07 Å². The van der Waals surface area contributed by atoms with Gasteiger partial charge in [0.2, 0.25) is 5.91 Å². The molecule has 0 saturated carbocycles. The molecule has 0 fully saturated rings. The van der Waals surface area contributed by atoms with Crippen molar-refractivity contribution in [2.24, 2.45) is 7.05 Å². The number of fused-ring (bicyclic) bond motifs is 3. The third kappa shape index (κ3) is 2.12. The molecule has 1 aliphatic heterocycles. The summed E-state index contributed by atoms with van der Waals surface area (Å²) < 4.78 is 2.05. The molecule has 2 heterocycles. The zero-order valence-electron chi connectivity index (χ0n) is 13.3. The zero-order valence-corrected chi connectivity index (χ0v) is 16.2. The molecule has 3 rings (SSSR count). The normalized spacial score (nSPS) is 14.1. The number of allylic oxidation sites excluding steroid dienone is 2. The van der Waals surface area contributed by atoms with Crippen LogP contribution in [0.15, 0.2) is 0 Å². The van der Waals surface area contributed by atoms with Crippen molar-refractivity contribution < 1.29 is 42.3 Å². The topological polar surface area (TPSA) is 51.1 Å². The summed E-state index contributed by atoms with van der Waals surface area (Å²) in [5, 5.41) is 3.21. The van der Waals surface area contributed by atoms with Crippen LogP contribution in [-0.4, -0.2) is 16.4 Å². The molecule has 22 heavy (non-hydrogen) atoms. The van der Waals surface area contributed by atoms with Gasteiger partial charge in [-0.2, -0.15) is 0 Å². The molecule has 0 saturated heterocycles. The number of rotatable bonds is 1. The van der Waals surface area contributed by atoms with Crippen LogP contribution in [0.2, 0.25) is 0 Å². The average molecular weight is 369 g/mol. The smallest absolute Gasteiger partial charge is 0.218 e. The van der Waals surface area contributed by atoms with Gasteiger partial charge in [0.15, 0.2) is 5.91 Å². The summed E-state index contributed by atoms with van der Waals surface area (Å²) in [6.07, 6.45) is 3.10. The molecular weight excluding hydrogens is 353 g/mol. The maximum Gasteiger partial charge on any atom is 0.218 e. The fourth-order valence-corrected chi connectivity index (χ4v) is 2.94. The summed E-state index contributed by atoms with van der Waals surface area (Å²) in [5.74, 6) is -0.707. The standard InChI is InChI=1S/C17H16N2O2.Y/c1-6-8(2)11-7-12-14(17(21)18-16(12)20)13-9(3)10(4)19(5)15(11)13;/h1-5H3,(H,18,20,21);/q-2;. The van der Waals surface area contributed by atoms with Crippen molar-refractivity contribution in [3.05, 3.63) is 40.1 Å². The van der Waals surface area contributed by atoms with E-state index in [9.17, 15) is 9.59 Å². The molecule has 1 aromatic heterocycles. The molecular formula is C17H16N2O2Y-2. The summed E-state index contributed by atoms with van der Waals surface area (Å²) in [7, 11) is 1.96. The van der Waals surface area contributed by atoms with Crippen LogP contribution < -0.4 is 5.32 Å². The van der Waals surface area contributed by atoms with Gasteiger partial charge >= 0.3 is 0 Å². The van der Waals surface area contributed by atoms with Crippen LogP contribution >= 0.6 is 0 Å². The van der Waals surface area contributed by atoms with Crippen molar-refractivity contribution in [2.75, 3.05) is 0 Å². The molecule has 1 radical (unpaired) electrons. The molecule has 4 nitrogen and oxygen atoms in total. The van der Waals surface area contributed by atoms with Gasteiger partial charge in [0.25, 0.3) is 0 Å². The molecule has 1 aliphatic rings. The number of aryl methyl sites for hydroxylation is 2. The quantitative estimate of drug-likeness (QED) is 0.621. The van der Waals surface area contributed by atoms with E-state index >= 15 is 0 Å². The molecule has 0 unspecified atom stereocenters. The van der Waals surface area contributed by atoms with E-state index in [2.05, 4.69) is 17.5 Å². The van der Waals surface area contributed by atoms with E-state index in [0.717, 1.165) is 33.3 Å². The Morgan fingerprint density at radius 1 is 1.23 bits per heavy atom. The van der Waals surface area contributed by atoms with E-state index in [-0.39, 0.29) is 44.5 Å². The Morgan fingerprint density at radius 3 is 2.45 bits per heavy atom. The predicted octanol–water partition coefficient (Wildman–Crippen LogP) is 2.70. The fraction of sp³-hybridized carbons (Fsp3) is 0.294. The monoisotopic (exact) mass is 369 g/mol. The van der Waals surface area contributed by atoms with Crippen LogP contribution in [0.1, 0.15) is 51.4 Å². The largest absolute Gasteiger partial charge is 0.396 e. The van der Waals surface area contributed by atoms with Crippen LogP contribution in [0.4, 0.5) is 0 Å². The van der Waals surface area contributed by atoms with E-state index in [1.165, 1.54) is 0 Å². The van der Waals surface area contributed by atoms with Gasteiger partial charge in [-0.05, 0) is 25.0 Å². The van der Waals surface area contributed by atoms with Gasteiger partial charge in [-0.15, -0.1) is 13.8 Å². The van der Waals surface area contributed by atoms with E-state index < -0.39 is 0 Å². The minimum Gasteiger partial charge on any atom is -0.396 e. The number of nitrogens with zero attached hydrogens (tertiary/aromatic N) is 1. The molecule has 5 heteroatoms. The van der Waals surface area contributed by atoms with Crippen molar-refractivity contribution in [3.63, 3.8) is 0 Å². The third-order valence-corrected chi connectivity index (χ3v) is 4.41. The van der Waals surface area contributed by atoms with Gasteiger partial charge < -0.3 is 20.8 Å². The second kappa shape index (κ2) is 5.75. The number of hydrogen-bond donors (Lipinski definition) is 1. The van der Waals surface area contributed by atoms with Crippen molar-refractivity contribution in [1.29, 1.82) is 0 Å². The van der Waals surface area contributed by atoms with Gasteiger partial charge in [0.1, 0.15) is 0 Å². The second-order valence-electron chi connectivity index (χ2n) is 5.40. The Kier molecular flexibility index (Phi) is 4.47. The first kappa shape index (κ1) is 17.1. The second-order valence-corrected chi connectivity index (χ2v) is 5.40. The summed E-state index contributed by atoms with van der Waals surface area (Å²) in [4.78, 5) is 24.1. The molecule has 2 amide bonds. The average Bonchev–Trinajstić information content (AvgIpc) is 2.87. The molecule has 0 bridgehead atoms. The van der Waals surface area contributed by atoms with Gasteiger partial charge in [0, 0.05) is 45.5 Å². The minimum absolute atomic E-state index is 0. The Balaban J connectivity index is 0.00000176. The Bertz CT molecular complexity index is 860. The van der Waals surface area contributed by atoms with E-state index in [1.54, 1.807) is 0 Å². The number of imide groups is 1. The van der Waals surface area contributed by atoms with Gasteiger partial charge in [0.05, 0.1) is 0 Å². The molecule has 111 valence electrons. The van der Waals surface area contributed by atoms with E-state index in [4.69, 9.17) is 0 Å². The third-order valence-electron chi connectivity index (χ3n) is 4.41. The first-order valence-corrected chi connectivity index (χ1v) is 6.80. The van der Waals surface area contributed by atoms with E-state index in [0.29, 0.717) is 11.1 Å². The number of nitrogens with one attached hydrogen (secondary N) is 1. The van der Waals surface area contributed by atoms with Crippen LogP contribution in [0, 0.1) is 26.0 Å². The van der Waals surface area contributed by atoms with Crippen LogP contribution in [0.5, 0.6) is 0 Å². The van der Waals surface area contributed by atoms with Crippen LogP contribution in [0.25, 0.3) is 16.5 Å². The summed E-state index contributed by atoms with van der Waals surface area (Å²) >= 11 is 0. The molecule has 1 aromatic carbocycles. The van der Waals surface area contributed by atoms with Gasteiger partial charge in [-0.1, -0.05) is 16.5 Å². The van der Waals surface area contributed by atoms with Crippen molar-refractivity contribution >= 4 is 28.3 Å². The number of carbonyl (C=O) groups excluding carboxylic acids is 2. The predicted molar refractivity (Wildman–Crippen MR) is 81.0 cm³/mol. The first-order chi connectivity index (χ1) is 9.88. The fourth-order valence-electron chi connectivity index (χ4n) is 2.94. The molecule has 2 aromatic rings. The number of benzene rings is 1. The zero-order chi connectivity index (χ0) is 15.5. The maximum absolute atomic E-state index is 12.1. The summed E-state index contributed by atoms with van der Waals surface area (Å²) in [5.41, 5.74) is 5.55. The SMILES string of the molecule is C[C-]=C(C)c1[c-]c2c(c3c(C)c(C)n(C)c13)C(=O)NC2=O.[Y]. The van der Waals surface area contributed by atoms with Crippen LogP contribution in [0.3, 0.4) is 0 Å². The van der Waals surface area contributed by atoms with Crippen molar-refractivity contribution in [3.8, 4) is 0 Å². The number of carbonyl (C=O) groups is 2. The molecule has 0 spiro atoms. The molecule has 0 aliphatic carbocycles. The number of hydrogen-bond acceptors (Lipinski definition) is 2. The minimum atomic E-state index is -0.372. The van der Waals surface area contributed by atoms with Crippen molar-refractivity contribution in [1.82, 2.24) is 9.88 Å². The van der Waals surface area contributed by atoms with Crippen molar-refractivity contribution in [2.45, 2.75) is 27.7 Å². The number of aromatic nitrogens is 1. The molecule has 0 atom stereocenters.